The van der Waals surface area contributed by atoms with Gasteiger partial charge in [-0.1, -0.05) is 80.4 Å². The minimum atomic E-state index is -0.677. The Morgan fingerprint density at radius 1 is 0.676 bits per heavy atom. The zero-order valence-electron chi connectivity index (χ0n) is 19.0. The third-order valence-electron chi connectivity index (χ3n) is 10.3. The number of imide groups is 1. The summed E-state index contributed by atoms with van der Waals surface area (Å²) in [6.45, 7) is 0.625. The Kier molecular flexibility index (Phi) is 3.93. The first-order valence-electron chi connectivity index (χ1n) is 12.8. The number of hydrogen-bond donors (Lipinski definition) is 0. The third-order valence-corrected chi connectivity index (χ3v) is 13.0. The summed E-state index contributed by atoms with van der Waals surface area (Å²) in [4.78, 5) is 30.3. The van der Waals surface area contributed by atoms with Gasteiger partial charge in [-0.05, 0) is 83.9 Å². The lowest BCUT2D eigenvalue weighted by Crippen LogP contribution is -2.56. The minimum absolute atomic E-state index is 0.0236. The van der Waals surface area contributed by atoms with Crippen molar-refractivity contribution in [1.29, 1.82) is 0 Å². The van der Waals surface area contributed by atoms with Crippen LogP contribution >= 0.6 is 31.9 Å². The van der Waals surface area contributed by atoms with Crippen LogP contribution in [0.25, 0.3) is 0 Å². The van der Waals surface area contributed by atoms with Gasteiger partial charge in [-0.25, -0.2) is 0 Å². The summed E-state index contributed by atoms with van der Waals surface area (Å²) in [5, 5.41) is 0. The SMILES string of the molecule is O=C1[C@@H]2[C@@H](C(=O)N1CC13CC4CC(CC(C4)C1)C3)C1(Br)c3ccccc3C2(Br)c2ccccc21. The van der Waals surface area contributed by atoms with Crippen molar-refractivity contribution in [3.8, 4) is 0 Å². The van der Waals surface area contributed by atoms with Crippen LogP contribution in [-0.2, 0) is 18.2 Å². The van der Waals surface area contributed by atoms with Crippen LogP contribution in [0.4, 0.5) is 0 Å². The summed E-state index contributed by atoms with van der Waals surface area (Å²) >= 11 is 8.26. The zero-order chi connectivity index (χ0) is 23.0. The van der Waals surface area contributed by atoms with E-state index in [1.807, 2.05) is 24.3 Å². The van der Waals surface area contributed by atoms with Gasteiger partial charge in [0.15, 0.2) is 0 Å². The van der Waals surface area contributed by atoms with Crippen molar-refractivity contribution in [1.82, 2.24) is 4.90 Å². The molecule has 34 heavy (non-hydrogen) atoms. The Morgan fingerprint density at radius 2 is 1.03 bits per heavy atom. The molecule has 2 aromatic rings. The van der Waals surface area contributed by atoms with Crippen LogP contribution in [0.2, 0.25) is 0 Å². The molecule has 2 amide bonds. The molecule has 174 valence electrons. The van der Waals surface area contributed by atoms with E-state index in [1.54, 1.807) is 4.90 Å². The lowest BCUT2D eigenvalue weighted by atomic mass is 9.49. The fourth-order valence-electron chi connectivity index (χ4n) is 9.70. The van der Waals surface area contributed by atoms with E-state index in [-0.39, 0.29) is 17.2 Å². The molecular weight excluding hydrogens is 554 g/mol. The molecule has 7 aliphatic carbocycles. The van der Waals surface area contributed by atoms with Gasteiger partial charge in [0.2, 0.25) is 11.8 Å². The maximum Gasteiger partial charge on any atom is 0.235 e. The quantitative estimate of drug-likeness (QED) is 0.317. The van der Waals surface area contributed by atoms with Gasteiger partial charge < -0.3 is 0 Å². The maximum absolute atomic E-state index is 14.3. The van der Waals surface area contributed by atoms with E-state index in [0.717, 1.165) is 40.0 Å². The summed E-state index contributed by atoms with van der Waals surface area (Å²) in [7, 11) is 0. The predicted molar refractivity (Wildman–Crippen MR) is 137 cm³/mol. The largest absolute Gasteiger partial charge is 0.281 e. The highest BCUT2D eigenvalue weighted by molar-refractivity contribution is 9.10. The minimum Gasteiger partial charge on any atom is -0.281 e. The second-order valence-electron chi connectivity index (χ2n) is 12.2. The lowest BCUT2D eigenvalue weighted by molar-refractivity contribution is -0.146. The normalized spacial score (nSPS) is 44.9. The summed E-state index contributed by atoms with van der Waals surface area (Å²) < 4.78 is -1.35. The second-order valence-corrected chi connectivity index (χ2v) is 14.7. The monoisotopic (exact) mass is 579 g/mol. The molecule has 0 N–H and O–H groups in total. The molecule has 1 aliphatic heterocycles. The summed E-state index contributed by atoms with van der Waals surface area (Å²) in [6.07, 6.45) is 7.70. The molecule has 0 unspecified atom stereocenters. The van der Waals surface area contributed by atoms with Crippen molar-refractivity contribution in [3.05, 3.63) is 70.8 Å². The summed E-state index contributed by atoms with van der Waals surface area (Å²) in [5.74, 6) is 1.59. The standard InChI is InChI=1S/C29H27Br2NO2/c30-28-19-5-1-2-6-20(19)29(31,22-8-4-3-7-21(22)28)24-23(28)25(33)32(26(24)34)15-27-12-16-9-17(13-27)11-18(10-16)14-27/h1-8,16-18,23-24H,9-15H2/t16?,17?,18?,23-,24-,27?,28?,29?/m0/s1. The van der Waals surface area contributed by atoms with Crippen LogP contribution in [0.15, 0.2) is 48.5 Å². The van der Waals surface area contributed by atoms with E-state index in [2.05, 4.69) is 56.1 Å². The van der Waals surface area contributed by atoms with Gasteiger partial charge in [-0.2, -0.15) is 0 Å². The van der Waals surface area contributed by atoms with E-state index >= 15 is 0 Å². The number of rotatable bonds is 2. The molecule has 5 fully saturated rings. The first-order chi connectivity index (χ1) is 16.3. The fraction of sp³-hybridized carbons (Fsp3) is 0.517. The Balaban J connectivity index is 1.27. The Labute approximate surface area is 216 Å². The number of likely N-dealkylation sites (tertiary alicyclic amines) is 1. The molecule has 4 saturated carbocycles. The number of amides is 2. The van der Waals surface area contributed by atoms with Crippen molar-refractivity contribution < 1.29 is 9.59 Å². The highest BCUT2D eigenvalue weighted by Crippen LogP contribution is 2.71. The average molecular weight is 581 g/mol. The Morgan fingerprint density at radius 3 is 1.38 bits per heavy atom. The van der Waals surface area contributed by atoms with E-state index in [4.69, 9.17) is 0 Å². The predicted octanol–water partition coefficient (Wildman–Crippen LogP) is 6.11. The number of nitrogens with zero attached hydrogens (tertiary/aromatic N) is 1. The van der Waals surface area contributed by atoms with Crippen molar-refractivity contribution >= 4 is 43.7 Å². The third kappa shape index (κ3) is 2.26. The number of carbonyl (C=O) groups excluding carboxylic acids is 2. The average Bonchev–Trinajstić information content (AvgIpc) is 3.07. The second kappa shape index (κ2) is 6.45. The first-order valence-corrected chi connectivity index (χ1v) is 14.4. The van der Waals surface area contributed by atoms with Crippen molar-refractivity contribution in [2.45, 2.75) is 47.2 Å². The Hall–Kier alpha value is -1.46. The number of alkyl halides is 2. The molecule has 3 nitrogen and oxygen atoms in total. The lowest BCUT2D eigenvalue weighted by Gasteiger charge is -2.57. The van der Waals surface area contributed by atoms with Crippen LogP contribution in [0.5, 0.6) is 0 Å². The van der Waals surface area contributed by atoms with Crippen molar-refractivity contribution in [3.63, 3.8) is 0 Å². The molecule has 1 saturated heterocycles. The summed E-state index contributed by atoms with van der Waals surface area (Å²) in [5.41, 5.74) is 4.61. The van der Waals surface area contributed by atoms with Crippen LogP contribution in [0.3, 0.4) is 0 Å². The fourth-order valence-corrected chi connectivity index (χ4v) is 12.0. The van der Waals surface area contributed by atoms with E-state index in [9.17, 15) is 9.59 Å². The first kappa shape index (κ1) is 20.7. The summed E-state index contributed by atoms with van der Waals surface area (Å²) in [6, 6.07) is 16.7. The van der Waals surface area contributed by atoms with Gasteiger partial charge in [0, 0.05) is 6.54 Å². The van der Waals surface area contributed by atoms with Crippen molar-refractivity contribution in [2.24, 2.45) is 35.0 Å². The van der Waals surface area contributed by atoms with E-state index in [0.29, 0.717) is 6.54 Å². The topological polar surface area (TPSA) is 37.4 Å². The zero-order valence-corrected chi connectivity index (χ0v) is 22.1. The van der Waals surface area contributed by atoms with Crippen LogP contribution < -0.4 is 0 Å². The smallest absolute Gasteiger partial charge is 0.235 e. The van der Waals surface area contributed by atoms with Crippen LogP contribution in [-0.4, -0.2) is 23.3 Å². The van der Waals surface area contributed by atoms with Crippen LogP contribution in [0, 0.1) is 35.0 Å². The van der Waals surface area contributed by atoms with Gasteiger partial charge >= 0.3 is 0 Å². The van der Waals surface area contributed by atoms with E-state index < -0.39 is 20.5 Å². The molecule has 5 heteroatoms. The molecule has 10 rings (SSSR count). The molecule has 2 atom stereocenters. The molecule has 0 aromatic heterocycles. The number of hydrogen-bond acceptors (Lipinski definition) is 2. The Bertz CT molecular complexity index is 1130. The maximum atomic E-state index is 14.3. The molecule has 8 aliphatic rings. The van der Waals surface area contributed by atoms with Gasteiger partial charge in [-0.15, -0.1) is 0 Å². The molecule has 1 heterocycles. The highest BCUT2D eigenvalue weighted by atomic mass is 79.9. The number of carbonyl (C=O) groups is 2. The van der Waals surface area contributed by atoms with Gasteiger partial charge in [0.25, 0.3) is 0 Å². The van der Waals surface area contributed by atoms with Crippen LogP contribution in [0.1, 0.15) is 60.8 Å². The molecule has 2 aromatic carbocycles. The van der Waals surface area contributed by atoms with Gasteiger partial charge in [0.1, 0.15) is 0 Å². The van der Waals surface area contributed by atoms with Gasteiger partial charge in [-0.3, -0.25) is 14.5 Å². The van der Waals surface area contributed by atoms with Gasteiger partial charge in [0.05, 0.1) is 20.5 Å². The molecular formula is C29H27Br2NO2. The molecule has 0 radical (unpaired) electrons. The molecule has 0 spiro atoms. The highest BCUT2D eigenvalue weighted by Gasteiger charge is 2.72. The van der Waals surface area contributed by atoms with E-state index in [1.165, 1.54) is 38.5 Å². The molecule has 6 bridgehead atoms. The van der Waals surface area contributed by atoms with Crippen molar-refractivity contribution in [2.75, 3.05) is 6.54 Å². The number of benzene rings is 2. The number of halogens is 2.